The summed E-state index contributed by atoms with van der Waals surface area (Å²) in [5, 5.41) is -0.633. The Morgan fingerprint density at radius 1 is 1.26 bits per heavy atom. The smallest absolute Gasteiger partial charge is 0.240 e. The first kappa shape index (κ1) is 21.7. The van der Waals surface area contributed by atoms with E-state index in [1.165, 1.54) is 0 Å². The molecule has 0 spiro atoms. The molecule has 1 fully saturated rings. The fourth-order valence-electron chi connectivity index (χ4n) is 3.35. The van der Waals surface area contributed by atoms with Crippen molar-refractivity contribution in [1.82, 2.24) is 4.90 Å². The average molecular weight is 413 g/mol. The van der Waals surface area contributed by atoms with Crippen LogP contribution < -0.4 is 5.73 Å². The monoisotopic (exact) mass is 412 g/mol. The van der Waals surface area contributed by atoms with Crippen LogP contribution in [0.15, 0.2) is 53.4 Å². The summed E-state index contributed by atoms with van der Waals surface area (Å²) >= 11 is 1.05. The highest BCUT2D eigenvalue weighted by molar-refractivity contribution is 8.00. The molecule has 3 unspecified atom stereocenters. The standard InChI is InChI=1S/C20H22F2N2OS.ClH/c1-13-9-14(11-23)12-24(13)20(25)19(15-5-3-2-4-6-15)26-18-10-16(21)7-8-17(18)22;/h2-8,10,13-14,19H,9,11-12,23H2,1H3;1H. The molecule has 1 amide bonds. The van der Waals surface area contributed by atoms with E-state index in [0.717, 1.165) is 41.9 Å². The van der Waals surface area contributed by atoms with Crippen LogP contribution in [0.3, 0.4) is 0 Å². The molecule has 0 saturated carbocycles. The van der Waals surface area contributed by atoms with Crippen molar-refractivity contribution in [1.29, 1.82) is 0 Å². The fourth-order valence-corrected chi connectivity index (χ4v) is 4.50. The molecule has 0 bridgehead atoms. The van der Waals surface area contributed by atoms with Gasteiger partial charge in [-0.25, -0.2) is 8.78 Å². The number of thioether (sulfide) groups is 1. The van der Waals surface area contributed by atoms with Gasteiger partial charge >= 0.3 is 0 Å². The van der Waals surface area contributed by atoms with Crippen LogP contribution in [0.2, 0.25) is 0 Å². The fraction of sp³-hybridized carbons (Fsp3) is 0.350. The summed E-state index contributed by atoms with van der Waals surface area (Å²) in [4.78, 5) is 15.2. The predicted molar refractivity (Wildman–Crippen MR) is 107 cm³/mol. The van der Waals surface area contributed by atoms with Crippen LogP contribution in [-0.2, 0) is 4.79 Å². The molecular weight excluding hydrogens is 390 g/mol. The number of rotatable bonds is 5. The first-order valence-electron chi connectivity index (χ1n) is 8.66. The second-order valence-corrected chi connectivity index (χ2v) is 7.81. The van der Waals surface area contributed by atoms with E-state index < -0.39 is 16.9 Å². The van der Waals surface area contributed by atoms with Gasteiger partial charge in [-0.1, -0.05) is 30.3 Å². The van der Waals surface area contributed by atoms with Crippen LogP contribution >= 0.6 is 24.2 Å². The topological polar surface area (TPSA) is 46.3 Å². The molecule has 146 valence electrons. The van der Waals surface area contributed by atoms with Gasteiger partial charge in [0.15, 0.2) is 0 Å². The molecule has 3 rings (SSSR count). The third-order valence-electron chi connectivity index (χ3n) is 4.74. The van der Waals surface area contributed by atoms with Crippen molar-refractivity contribution in [3.63, 3.8) is 0 Å². The van der Waals surface area contributed by atoms with E-state index in [1.807, 2.05) is 42.2 Å². The first-order chi connectivity index (χ1) is 12.5. The molecule has 7 heteroatoms. The van der Waals surface area contributed by atoms with Crippen molar-refractivity contribution in [2.45, 2.75) is 29.5 Å². The van der Waals surface area contributed by atoms with E-state index in [9.17, 15) is 13.6 Å². The highest BCUT2D eigenvalue weighted by Crippen LogP contribution is 2.40. The van der Waals surface area contributed by atoms with Crippen LogP contribution in [0.1, 0.15) is 24.2 Å². The van der Waals surface area contributed by atoms with E-state index in [4.69, 9.17) is 5.73 Å². The maximum absolute atomic E-state index is 14.2. The number of hydrogen-bond donors (Lipinski definition) is 1. The lowest BCUT2D eigenvalue weighted by molar-refractivity contribution is -0.131. The summed E-state index contributed by atoms with van der Waals surface area (Å²) in [5.74, 6) is -0.861. The van der Waals surface area contributed by atoms with Gasteiger partial charge in [0.25, 0.3) is 0 Å². The number of amides is 1. The SMILES string of the molecule is CC1CC(CN)CN1C(=O)C(Sc1cc(F)ccc1F)c1ccccc1.Cl. The van der Waals surface area contributed by atoms with Crippen LogP contribution in [0.25, 0.3) is 0 Å². The number of carbonyl (C=O) groups is 1. The number of hydrogen-bond acceptors (Lipinski definition) is 3. The minimum atomic E-state index is -0.633. The quantitative estimate of drug-likeness (QED) is 0.739. The maximum atomic E-state index is 14.2. The summed E-state index contributed by atoms with van der Waals surface area (Å²) in [7, 11) is 0. The van der Waals surface area contributed by atoms with E-state index in [1.54, 1.807) is 0 Å². The molecule has 0 aliphatic carbocycles. The minimum Gasteiger partial charge on any atom is -0.338 e. The lowest BCUT2D eigenvalue weighted by Crippen LogP contribution is -2.37. The van der Waals surface area contributed by atoms with Crippen LogP contribution in [0.4, 0.5) is 8.78 Å². The normalized spacial score (nSPS) is 20.2. The zero-order chi connectivity index (χ0) is 18.7. The number of likely N-dealkylation sites (tertiary alicyclic amines) is 1. The van der Waals surface area contributed by atoms with Crippen LogP contribution in [-0.4, -0.2) is 29.9 Å². The van der Waals surface area contributed by atoms with Gasteiger partial charge in [0, 0.05) is 17.5 Å². The molecule has 3 nitrogen and oxygen atoms in total. The average Bonchev–Trinajstić information content (AvgIpc) is 3.03. The van der Waals surface area contributed by atoms with E-state index in [2.05, 4.69) is 0 Å². The molecule has 0 radical (unpaired) electrons. The molecule has 2 aromatic rings. The lowest BCUT2D eigenvalue weighted by atomic mass is 10.1. The van der Waals surface area contributed by atoms with Gasteiger partial charge in [0.1, 0.15) is 16.9 Å². The molecule has 1 aliphatic rings. The van der Waals surface area contributed by atoms with E-state index in [0.29, 0.717) is 13.1 Å². The van der Waals surface area contributed by atoms with Crippen molar-refractivity contribution in [2.24, 2.45) is 11.7 Å². The number of carbonyl (C=O) groups excluding carboxylic acids is 1. The largest absolute Gasteiger partial charge is 0.338 e. The van der Waals surface area contributed by atoms with Crippen molar-refractivity contribution in [3.05, 3.63) is 65.7 Å². The Labute approximate surface area is 168 Å². The van der Waals surface area contributed by atoms with E-state index in [-0.39, 0.29) is 35.2 Å². The Hall–Kier alpha value is -1.63. The Kier molecular flexibility index (Phi) is 7.65. The second-order valence-electron chi connectivity index (χ2n) is 6.66. The lowest BCUT2D eigenvalue weighted by Gasteiger charge is -2.27. The first-order valence-corrected chi connectivity index (χ1v) is 9.54. The highest BCUT2D eigenvalue weighted by atomic mass is 35.5. The van der Waals surface area contributed by atoms with Crippen molar-refractivity contribution in [3.8, 4) is 0 Å². The third kappa shape index (κ3) is 5.00. The molecule has 1 heterocycles. The molecule has 1 aliphatic heterocycles. The van der Waals surface area contributed by atoms with Crippen molar-refractivity contribution < 1.29 is 13.6 Å². The Morgan fingerprint density at radius 3 is 2.59 bits per heavy atom. The van der Waals surface area contributed by atoms with Gasteiger partial charge in [-0.05, 0) is 49.6 Å². The molecular formula is C20H23ClF2N2OS. The molecule has 0 aromatic heterocycles. The summed E-state index contributed by atoms with van der Waals surface area (Å²) in [6, 6.07) is 12.6. The van der Waals surface area contributed by atoms with Crippen molar-refractivity contribution in [2.75, 3.05) is 13.1 Å². The molecule has 2 aromatic carbocycles. The number of nitrogens with zero attached hydrogens (tertiary/aromatic N) is 1. The summed E-state index contributed by atoms with van der Waals surface area (Å²) < 4.78 is 27.7. The molecule has 1 saturated heterocycles. The van der Waals surface area contributed by atoms with Crippen LogP contribution in [0.5, 0.6) is 0 Å². The zero-order valence-electron chi connectivity index (χ0n) is 15.0. The Balaban J connectivity index is 0.00000261. The number of nitrogens with two attached hydrogens (primary N) is 1. The van der Waals surface area contributed by atoms with Gasteiger partial charge in [0.2, 0.25) is 5.91 Å². The van der Waals surface area contributed by atoms with Gasteiger partial charge in [-0.15, -0.1) is 24.2 Å². The van der Waals surface area contributed by atoms with Gasteiger partial charge in [-0.2, -0.15) is 0 Å². The van der Waals surface area contributed by atoms with Gasteiger partial charge in [-0.3, -0.25) is 4.79 Å². The Morgan fingerprint density at radius 2 is 1.96 bits per heavy atom. The summed E-state index contributed by atoms with van der Waals surface area (Å²) in [5.41, 5.74) is 6.54. The molecule has 27 heavy (non-hydrogen) atoms. The third-order valence-corrected chi connectivity index (χ3v) is 6.02. The summed E-state index contributed by atoms with van der Waals surface area (Å²) in [6.07, 6.45) is 0.864. The number of halogens is 3. The maximum Gasteiger partial charge on any atom is 0.240 e. The van der Waals surface area contributed by atoms with Gasteiger partial charge in [0.05, 0.1) is 0 Å². The van der Waals surface area contributed by atoms with Crippen molar-refractivity contribution >= 4 is 30.1 Å². The zero-order valence-corrected chi connectivity index (χ0v) is 16.6. The summed E-state index contributed by atoms with van der Waals surface area (Å²) in [6.45, 7) is 3.14. The van der Waals surface area contributed by atoms with E-state index >= 15 is 0 Å². The number of benzene rings is 2. The van der Waals surface area contributed by atoms with Crippen LogP contribution in [0, 0.1) is 17.6 Å². The van der Waals surface area contributed by atoms with Gasteiger partial charge < -0.3 is 10.6 Å². The molecule has 2 N–H and O–H groups in total. The minimum absolute atomic E-state index is 0. The molecule has 3 atom stereocenters. The highest BCUT2D eigenvalue weighted by Gasteiger charge is 2.36. The Bertz CT molecular complexity index is 778. The predicted octanol–water partition coefficient (Wildman–Crippen LogP) is 4.42. The second kappa shape index (κ2) is 9.53.